The highest BCUT2D eigenvalue weighted by atomic mass is 16.6. The summed E-state index contributed by atoms with van der Waals surface area (Å²) in [6.45, 7) is 10.9. The quantitative estimate of drug-likeness (QED) is 0.559. The minimum Gasteiger partial charge on any atom is -0.468 e. The molecular formula is C12H21NO4. The summed E-state index contributed by atoms with van der Waals surface area (Å²) in [5.74, 6) is -0.489. The first-order valence-corrected chi connectivity index (χ1v) is 5.35. The van der Waals surface area contributed by atoms with Crippen LogP contribution in [0.25, 0.3) is 0 Å². The van der Waals surface area contributed by atoms with Gasteiger partial charge >= 0.3 is 12.1 Å². The second-order valence-corrected chi connectivity index (χ2v) is 4.87. The largest absolute Gasteiger partial charge is 0.468 e. The highest BCUT2D eigenvalue weighted by molar-refractivity contribution is 5.78. The number of carbonyl (C=O) groups is 2. The molecule has 0 aliphatic carbocycles. The highest BCUT2D eigenvalue weighted by Gasteiger charge is 2.24. The van der Waals surface area contributed by atoms with Gasteiger partial charge in [-0.1, -0.05) is 12.2 Å². The van der Waals surface area contributed by atoms with Crippen molar-refractivity contribution in [2.75, 3.05) is 20.2 Å². The van der Waals surface area contributed by atoms with Crippen LogP contribution in [0.3, 0.4) is 0 Å². The molecule has 0 aliphatic rings. The SMILES string of the molecule is C=C(C)CN(CC(=O)OC)C(=O)OC(C)(C)C. The van der Waals surface area contributed by atoms with Crippen molar-refractivity contribution in [2.24, 2.45) is 0 Å². The van der Waals surface area contributed by atoms with E-state index in [4.69, 9.17) is 4.74 Å². The molecule has 0 heterocycles. The van der Waals surface area contributed by atoms with Crippen LogP contribution < -0.4 is 0 Å². The Bertz CT molecular complexity index is 304. The van der Waals surface area contributed by atoms with E-state index < -0.39 is 17.7 Å². The number of nitrogens with zero attached hydrogens (tertiary/aromatic N) is 1. The van der Waals surface area contributed by atoms with Crippen molar-refractivity contribution in [3.63, 3.8) is 0 Å². The van der Waals surface area contributed by atoms with Gasteiger partial charge in [-0.2, -0.15) is 0 Å². The zero-order chi connectivity index (χ0) is 13.6. The average molecular weight is 243 g/mol. The zero-order valence-electron chi connectivity index (χ0n) is 11.2. The van der Waals surface area contributed by atoms with E-state index in [1.807, 2.05) is 0 Å². The minimum atomic E-state index is -0.597. The van der Waals surface area contributed by atoms with E-state index in [2.05, 4.69) is 11.3 Å². The summed E-state index contributed by atoms with van der Waals surface area (Å²) in [7, 11) is 1.27. The van der Waals surface area contributed by atoms with Crippen molar-refractivity contribution in [3.05, 3.63) is 12.2 Å². The molecule has 0 bridgehead atoms. The molecule has 0 aromatic heterocycles. The van der Waals surface area contributed by atoms with Gasteiger partial charge < -0.3 is 9.47 Å². The molecule has 0 saturated heterocycles. The number of carbonyl (C=O) groups excluding carboxylic acids is 2. The third kappa shape index (κ3) is 7.38. The summed E-state index contributed by atoms with van der Waals surface area (Å²) in [5.41, 5.74) is 0.167. The van der Waals surface area contributed by atoms with E-state index in [0.717, 1.165) is 5.57 Å². The standard InChI is InChI=1S/C12H21NO4/c1-9(2)7-13(8-10(14)16-6)11(15)17-12(3,4)5/h1,7-8H2,2-6H3. The van der Waals surface area contributed by atoms with E-state index >= 15 is 0 Å². The Hall–Kier alpha value is -1.52. The molecule has 0 fully saturated rings. The third-order valence-corrected chi connectivity index (χ3v) is 1.66. The Kier molecular flexibility index (Phi) is 5.71. The highest BCUT2D eigenvalue weighted by Crippen LogP contribution is 2.10. The smallest absolute Gasteiger partial charge is 0.411 e. The van der Waals surface area contributed by atoms with E-state index in [9.17, 15) is 9.59 Å². The zero-order valence-corrected chi connectivity index (χ0v) is 11.2. The lowest BCUT2D eigenvalue weighted by atomic mass is 10.2. The fourth-order valence-electron chi connectivity index (χ4n) is 1.06. The van der Waals surface area contributed by atoms with Crippen LogP contribution in [0, 0.1) is 0 Å². The molecule has 98 valence electrons. The molecule has 0 N–H and O–H groups in total. The maximum Gasteiger partial charge on any atom is 0.411 e. The molecule has 0 atom stereocenters. The van der Waals surface area contributed by atoms with E-state index in [0.29, 0.717) is 0 Å². The fraction of sp³-hybridized carbons (Fsp3) is 0.667. The molecular weight excluding hydrogens is 222 g/mol. The Balaban J connectivity index is 4.61. The van der Waals surface area contributed by atoms with Crippen LogP contribution in [0.5, 0.6) is 0 Å². The number of hydrogen-bond donors (Lipinski definition) is 0. The average Bonchev–Trinajstić information content (AvgIpc) is 2.13. The summed E-state index contributed by atoms with van der Waals surface area (Å²) in [5, 5.41) is 0. The first-order chi connectivity index (χ1) is 7.65. The lowest BCUT2D eigenvalue weighted by Gasteiger charge is -2.26. The van der Waals surface area contributed by atoms with Gasteiger partial charge in [0.25, 0.3) is 0 Å². The molecule has 0 aromatic rings. The van der Waals surface area contributed by atoms with Gasteiger partial charge in [-0.3, -0.25) is 9.69 Å². The summed E-state index contributed by atoms with van der Waals surface area (Å²) >= 11 is 0. The topological polar surface area (TPSA) is 55.8 Å². The molecule has 0 radical (unpaired) electrons. The van der Waals surface area contributed by atoms with Gasteiger partial charge in [-0.05, 0) is 27.7 Å². The van der Waals surface area contributed by atoms with Crippen LogP contribution in [0.1, 0.15) is 27.7 Å². The summed E-state index contributed by atoms with van der Waals surface area (Å²) < 4.78 is 9.71. The molecule has 0 aliphatic heterocycles. The monoisotopic (exact) mass is 243 g/mol. The number of ether oxygens (including phenoxy) is 2. The van der Waals surface area contributed by atoms with Gasteiger partial charge in [0.15, 0.2) is 0 Å². The predicted octanol–water partition coefficient (Wildman–Crippen LogP) is 1.97. The maximum atomic E-state index is 11.8. The number of rotatable bonds is 4. The number of esters is 1. The van der Waals surface area contributed by atoms with Crippen molar-refractivity contribution in [3.8, 4) is 0 Å². The van der Waals surface area contributed by atoms with Gasteiger partial charge in [0.1, 0.15) is 12.1 Å². The van der Waals surface area contributed by atoms with Gasteiger partial charge in [0.05, 0.1) is 7.11 Å². The molecule has 0 unspecified atom stereocenters. The number of hydrogen-bond acceptors (Lipinski definition) is 4. The first kappa shape index (κ1) is 15.5. The molecule has 1 amide bonds. The van der Waals surface area contributed by atoms with Crippen molar-refractivity contribution < 1.29 is 19.1 Å². The predicted molar refractivity (Wildman–Crippen MR) is 64.6 cm³/mol. The molecule has 0 rings (SSSR count). The van der Waals surface area contributed by atoms with Gasteiger partial charge in [-0.25, -0.2) is 4.79 Å². The maximum absolute atomic E-state index is 11.8. The summed E-state index contributed by atoms with van der Waals surface area (Å²) in [4.78, 5) is 24.2. The van der Waals surface area contributed by atoms with Crippen molar-refractivity contribution in [1.82, 2.24) is 4.90 Å². The molecule has 5 nitrogen and oxygen atoms in total. The van der Waals surface area contributed by atoms with Crippen molar-refractivity contribution in [1.29, 1.82) is 0 Å². The summed E-state index contributed by atoms with van der Waals surface area (Å²) in [6.07, 6.45) is -0.550. The third-order valence-electron chi connectivity index (χ3n) is 1.66. The Morgan fingerprint density at radius 3 is 2.12 bits per heavy atom. The lowest BCUT2D eigenvalue weighted by molar-refractivity contribution is -0.141. The van der Waals surface area contributed by atoms with Crippen LogP contribution >= 0.6 is 0 Å². The first-order valence-electron chi connectivity index (χ1n) is 5.35. The van der Waals surface area contributed by atoms with Crippen molar-refractivity contribution >= 4 is 12.1 Å². The lowest BCUT2D eigenvalue weighted by Crippen LogP contribution is -2.40. The summed E-state index contributed by atoms with van der Waals surface area (Å²) in [6, 6.07) is 0. The molecule has 0 saturated carbocycles. The second-order valence-electron chi connectivity index (χ2n) is 4.87. The second kappa shape index (κ2) is 6.27. The minimum absolute atomic E-state index is 0.141. The van der Waals surface area contributed by atoms with Crippen LogP contribution in [-0.2, 0) is 14.3 Å². The molecule has 0 spiro atoms. The van der Waals surface area contributed by atoms with Crippen LogP contribution in [-0.4, -0.2) is 42.8 Å². The molecule has 17 heavy (non-hydrogen) atoms. The molecule has 5 heteroatoms. The van der Waals surface area contributed by atoms with Crippen LogP contribution in [0.4, 0.5) is 4.79 Å². The van der Waals surface area contributed by atoms with Gasteiger partial charge in [0.2, 0.25) is 0 Å². The Labute approximate surface area is 102 Å². The van der Waals surface area contributed by atoms with Gasteiger partial charge in [-0.15, -0.1) is 0 Å². The van der Waals surface area contributed by atoms with Crippen LogP contribution in [0.2, 0.25) is 0 Å². The van der Waals surface area contributed by atoms with E-state index in [-0.39, 0.29) is 13.1 Å². The fourth-order valence-corrected chi connectivity index (χ4v) is 1.06. The Morgan fingerprint density at radius 2 is 1.76 bits per heavy atom. The normalized spacial score (nSPS) is 10.6. The number of methoxy groups -OCH3 is 1. The van der Waals surface area contributed by atoms with Crippen molar-refractivity contribution in [2.45, 2.75) is 33.3 Å². The molecule has 0 aromatic carbocycles. The Morgan fingerprint density at radius 1 is 1.24 bits per heavy atom. The number of amides is 1. The van der Waals surface area contributed by atoms with E-state index in [1.165, 1.54) is 12.0 Å². The van der Waals surface area contributed by atoms with Gasteiger partial charge in [0, 0.05) is 6.54 Å². The van der Waals surface area contributed by atoms with Crippen LogP contribution in [0.15, 0.2) is 12.2 Å². The van der Waals surface area contributed by atoms with E-state index in [1.54, 1.807) is 27.7 Å².